The number of rotatable bonds is 2. The van der Waals surface area contributed by atoms with E-state index in [-0.39, 0.29) is 0 Å². The van der Waals surface area contributed by atoms with Crippen molar-refractivity contribution < 1.29 is 4.79 Å². The van der Waals surface area contributed by atoms with Crippen LogP contribution in [0.1, 0.15) is 10.4 Å². The summed E-state index contributed by atoms with van der Waals surface area (Å²) in [6.45, 7) is 0. The molecule has 0 aliphatic carbocycles. The van der Waals surface area contributed by atoms with Gasteiger partial charge in [-0.2, -0.15) is 0 Å². The van der Waals surface area contributed by atoms with E-state index in [1.54, 1.807) is 22.9 Å². The van der Waals surface area contributed by atoms with Crippen molar-refractivity contribution in [2.24, 2.45) is 5.73 Å². The molecule has 80 valence electrons. The molecule has 0 saturated heterocycles. The van der Waals surface area contributed by atoms with Crippen LogP contribution in [-0.2, 0) is 0 Å². The van der Waals surface area contributed by atoms with Crippen molar-refractivity contribution in [3.8, 4) is 5.69 Å². The third-order valence-corrected chi connectivity index (χ3v) is 2.27. The van der Waals surface area contributed by atoms with Crippen LogP contribution in [0.3, 0.4) is 0 Å². The number of pyridine rings is 1. The molecule has 4 heteroatoms. The molecule has 16 heavy (non-hydrogen) atoms. The Balaban J connectivity index is 2.61. The molecule has 0 atom stereocenters. The molecule has 1 amide bonds. The molecule has 0 spiro atoms. The van der Waals surface area contributed by atoms with Gasteiger partial charge in [0.15, 0.2) is 0 Å². The number of nitrogens with one attached hydrogen (secondary N) is 1. The average molecular weight is 213 g/mol. The van der Waals surface area contributed by atoms with E-state index in [0.717, 1.165) is 5.69 Å². The first kappa shape index (κ1) is 10.2. The summed E-state index contributed by atoms with van der Waals surface area (Å²) in [5.74, 6) is -0.496. The zero-order valence-corrected chi connectivity index (χ0v) is 8.55. The third kappa shape index (κ3) is 1.86. The second kappa shape index (κ2) is 4.02. The second-order valence-corrected chi connectivity index (χ2v) is 3.37. The van der Waals surface area contributed by atoms with Gasteiger partial charge in [-0.25, -0.2) is 0 Å². The van der Waals surface area contributed by atoms with Crippen LogP contribution in [0, 0.1) is 5.41 Å². The lowest BCUT2D eigenvalue weighted by molar-refractivity contribution is 0.0999. The van der Waals surface area contributed by atoms with Crippen molar-refractivity contribution in [3.63, 3.8) is 0 Å². The molecule has 3 N–H and O–H groups in total. The highest BCUT2D eigenvalue weighted by molar-refractivity contribution is 5.92. The zero-order valence-electron chi connectivity index (χ0n) is 8.55. The fourth-order valence-corrected chi connectivity index (χ4v) is 1.45. The van der Waals surface area contributed by atoms with Gasteiger partial charge < -0.3 is 10.3 Å². The van der Waals surface area contributed by atoms with E-state index >= 15 is 0 Å². The summed E-state index contributed by atoms with van der Waals surface area (Å²) in [6.07, 6.45) is 1.57. The minimum Gasteiger partial charge on any atom is -0.366 e. The van der Waals surface area contributed by atoms with Crippen molar-refractivity contribution in [2.75, 3.05) is 0 Å². The van der Waals surface area contributed by atoms with E-state index in [1.165, 1.54) is 0 Å². The predicted molar refractivity (Wildman–Crippen MR) is 60.1 cm³/mol. The molecular formula is C12H11N3O. The fourth-order valence-electron chi connectivity index (χ4n) is 1.45. The molecule has 1 heterocycles. The predicted octanol–water partition coefficient (Wildman–Crippen LogP) is 1.06. The molecule has 4 nitrogen and oxygen atoms in total. The van der Waals surface area contributed by atoms with Crippen molar-refractivity contribution >= 4 is 5.91 Å². The number of primary amides is 1. The second-order valence-electron chi connectivity index (χ2n) is 3.37. The molecule has 0 saturated carbocycles. The monoisotopic (exact) mass is 213 g/mol. The topological polar surface area (TPSA) is 71.9 Å². The van der Waals surface area contributed by atoms with Crippen LogP contribution in [0.4, 0.5) is 0 Å². The molecule has 0 aliphatic heterocycles. The number of carbonyl (C=O) groups excluding carboxylic acids is 1. The molecule has 0 unspecified atom stereocenters. The maximum absolute atomic E-state index is 11.0. The average Bonchev–Trinajstić information content (AvgIpc) is 2.30. The van der Waals surface area contributed by atoms with Crippen molar-refractivity contribution in [3.05, 3.63) is 59.7 Å². The van der Waals surface area contributed by atoms with Crippen LogP contribution >= 0.6 is 0 Å². The van der Waals surface area contributed by atoms with E-state index in [1.807, 2.05) is 30.3 Å². The summed E-state index contributed by atoms with van der Waals surface area (Å²) in [7, 11) is 0. The van der Waals surface area contributed by atoms with Gasteiger partial charge in [-0.15, -0.1) is 0 Å². The van der Waals surface area contributed by atoms with Crippen molar-refractivity contribution in [2.45, 2.75) is 0 Å². The summed E-state index contributed by atoms with van der Waals surface area (Å²) in [4.78, 5) is 11.0. The molecule has 0 bridgehead atoms. The highest BCUT2D eigenvalue weighted by Gasteiger charge is 2.02. The molecule has 0 fully saturated rings. The molecule has 2 rings (SSSR count). The Morgan fingerprint density at radius 1 is 1.12 bits per heavy atom. The standard InChI is InChI=1S/C12H11N3O/c13-11-7-6-9(12(14)16)8-15(11)10-4-2-1-3-5-10/h1-8,13H,(H2,14,16). The molecule has 0 aliphatic rings. The Bertz CT molecular complexity index is 572. The van der Waals surface area contributed by atoms with Gasteiger partial charge in [0.05, 0.1) is 5.56 Å². The lowest BCUT2D eigenvalue weighted by atomic mass is 10.2. The Kier molecular flexibility index (Phi) is 2.55. The van der Waals surface area contributed by atoms with Gasteiger partial charge in [0.2, 0.25) is 5.91 Å². The maximum Gasteiger partial charge on any atom is 0.250 e. The Labute approximate surface area is 92.5 Å². The van der Waals surface area contributed by atoms with Gasteiger partial charge in [-0.05, 0) is 24.3 Å². The van der Waals surface area contributed by atoms with Gasteiger partial charge in [0.1, 0.15) is 5.49 Å². The van der Waals surface area contributed by atoms with E-state index < -0.39 is 5.91 Å². The molecule has 1 aromatic heterocycles. The Morgan fingerprint density at radius 2 is 1.81 bits per heavy atom. The first-order valence-electron chi connectivity index (χ1n) is 4.81. The highest BCUT2D eigenvalue weighted by Crippen LogP contribution is 2.05. The molecule has 2 aromatic rings. The lowest BCUT2D eigenvalue weighted by Gasteiger charge is -2.07. The quantitative estimate of drug-likeness (QED) is 0.769. The molecule has 0 radical (unpaired) electrons. The van der Waals surface area contributed by atoms with Gasteiger partial charge in [0.25, 0.3) is 0 Å². The lowest BCUT2D eigenvalue weighted by Crippen LogP contribution is -2.20. The van der Waals surface area contributed by atoms with Crippen LogP contribution in [-0.4, -0.2) is 10.5 Å². The van der Waals surface area contributed by atoms with E-state index in [4.69, 9.17) is 11.1 Å². The van der Waals surface area contributed by atoms with Gasteiger partial charge >= 0.3 is 0 Å². The molecule has 1 aromatic carbocycles. The number of para-hydroxylation sites is 1. The summed E-state index contributed by atoms with van der Waals surface area (Å²) in [5.41, 5.74) is 6.72. The van der Waals surface area contributed by atoms with E-state index in [9.17, 15) is 4.79 Å². The van der Waals surface area contributed by atoms with Crippen LogP contribution in [0.5, 0.6) is 0 Å². The number of amides is 1. The number of nitrogens with zero attached hydrogens (tertiary/aromatic N) is 1. The summed E-state index contributed by atoms with van der Waals surface area (Å²) < 4.78 is 1.61. The normalized spacial score (nSPS) is 10.0. The fraction of sp³-hybridized carbons (Fsp3) is 0. The van der Waals surface area contributed by atoms with E-state index in [2.05, 4.69) is 0 Å². The van der Waals surface area contributed by atoms with Crippen LogP contribution in [0.25, 0.3) is 5.69 Å². The van der Waals surface area contributed by atoms with E-state index in [0.29, 0.717) is 11.1 Å². The summed E-state index contributed by atoms with van der Waals surface area (Å²) >= 11 is 0. The van der Waals surface area contributed by atoms with Crippen molar-refractivity contribution in [1.29, 1.82) is 5.41 Å². The smallest absolute Gasteiger partial charge is 0.250 e. The van der Waals surface area contributed by atoms with Crippen LogP contribution in [0.2, 0.25) is 0 Å². The third-order valence-electron chi connectivity index (χ3n) is 2.27. The Morgan fingerprint density at radius 3 is 2.44 bits per heavy atom. The number of aromatic nitrogens is 1. The Hall–Kier alpha value is -2.36. The van der Waals surface area contributed by atoms with Gasteiger partial charge in [0, 0.05) is 11.9 Å². The first-order chi connectivity index (χ1) is 7.68. The minimum absolute atomic E-state index is 0.302. The van der Waals surface area contributed by atoms with Crippen molar-refractivity contribution in [1.82, 2.24) is 4.57 Å². The summed E-state index contributed by atoms with van der Waals surface area (Å²) in [6, 6.07) is 12.5. The largest absolute Gasteiger partial charge is 0.366 e. The van der Waals surface area contributed by atoms with Crippen LogP contribution < -0.4 is 11.2 Å². The first-order valence-corrected chi connectivity index (χ1v) is 4.81. The van der Waals surface area contributed by atoms with Gasteiger partial charge in [-0.3, -0.25) is 10.2 Å². The number of hydrogen-bond donors (Lipinski definition) is 2. The van der Waals surface area contributed by atoms with Gasteiger partial charge in [-0.1, -0.05) is 18.2 Å². The maximum atomic E-state index is 11.0. The number of benzene rings is 1. The number of carbonyl (C=O) groups is 1. The van der Waals surface area contributed by atoms with Crippen LogP contribution in [0.15, 0.2) is 48.7 Å². The molecular weight excluding hydrogens is 202 g/mol. The highest BCUT2D eigenvalue weighted by atomic mass is 16.1. The number of hydrogen-bond acceptors (Lipinski definition) is 2. The zero-order chi connectivity index (χ0) is 11.5. The minimum atomic E-state index is -0.496. The SMILES string of the molecule is N=c1ccc(C(N)=O)cn1-c1ccccc1. The summed E-state index contributed by atoms with van der Waals surface area (Å²) in [5, 5.41) is 7.76. The number of nitrogens with two attached hydrogens (primary N) is 1.